The average molecular weight is 183 g/mol. The van der Waals surface area contributed by atoms with Crippen molar-refractivity contribution < 1.29 is 9.53 Å². The van der Waals surface area contributed by atoms with E-state index in [4.69, 9.17) is 11.2 Å². The Balaban J connectivity index is 3.16. The van der Waals surface area contributed by atoms with Gasteiger partial charge in [-0.1, -0.05) is 6.92 Å². The van der Waals surface area contributed by atoms with E-state index in [1.807, 2.05) is 6.92 Å². The maximum absolute atomic E-state index is 11.0. The first kappa shape index (κ1) is 12.0. The second-order valence-corrected chi connectivity index (χ2v) is 2.71. The van der Waals surface area contributed by atoms with Crippen molar-refractivity contribution in [3.63, 3.8) is 0 Å². The Hall–Kier alpha value is -1.01. The minimum atomic E-state index is -0.0644. The van der Waals surface area contributed by atoms with Gasteiger partial charge in [0.25, 0.3) is 0 Å². The number of terminal acetylenes is 1. The highest BCUT2D eigenvalue weighted by Crippen LogP contribution is 1.84. The van der Waals surface area contributed by atoms with Crippen molar-refractivity contribution in [2.75, 3.05) is 19.8 Å². The van der Waals surface area contributed by atoms with Crippen LogP contribution in [-0.4, -0.2) is 25.7 Å². The van der Waals surface area contributed by atoms with Gasteiger partial charge in [0.15, 0.2) is 0 Å². The molecule has 0 rings (SSSR count). The Labute approximate surface area is 79.8 Å². The summed E-state index contributed by atoms with van der Waals surface area (Å²) in [5, 5.41) is 2.72. The van der Waals surface area contributed by atoms with Crippen LogP contribution in [0.15, 0.2) is 0 Å². The van der Waals surface area contributed by atoms with E-state index < -0.39 is 0 Å². The average Bonchev–Trinajstić information content (AvgIpc) is 2.13. The van der Waals surface area contributed by atoms with Crippen molar-refractivity contribution in [2.24, 2.45) is 0 Å². The van der Waals surface area contributed by atoms with Gasteiger partial charge in [0, 0.05) is 19.6 Å². The topological polar surface area (TPSA) is 38.3 Å². The molecule has 74 valence electrons. The zero-order valence-corrected chi connectivity index (χ0v) is 8.14. The molecule has 1 amide bonds. The van der Waals surface area contributed by atoms with Crippen LogP contribution in [0.4, 0.5) is 0 Å². The van der Waals surface area contributed by atoms with Crippen molar-refractivity contribution in [1.82, 2.24) is 5.32 Å². The number of ether oxygens (including phenoxy) is 1. The lowest BCUT2D eigenvalue weighted by Crippen LogP contribution is -2.28. The lowest BCUT2D eigenvalue weighted by molar-refractivity contribution is -0.125. The summed E-state index contributed by atoms with van der Waals surface area (Å²) in [6, 6.07) is 0. The monoisotopic (exact) mass is 183 g/mol. The van der Waals surface area contributed by atoms with Crippen molar-refractivity contribution in [3.05, 3.63) is 0 Å². The van der Waals surface area contributed by atoms with E-state index in [1.165, 1.54) is 0 Å². The molecule has 0 aromatic rings. The molecule has 0 unspecified atom stereocenters. The molecule has 13 heavy (non-hydrogen) atoms. The van der Waals surface area contributed by atoms with E-state index in [9.17, 15) is 4.79 Å². The Morgan fingerprint density at radius 3 is 3.00 bits per heavy atom. The van der Waals surface area contributed by atoms with Gasteiger partial charge in [0.2, 0.25) is 5.91 Å². The number of carbonyl (C=O) groups excluding carboxylic acids is 1. The van der Waals surface area contributed by atoms with Crippen LogP contribution < -0.4 is 5.32 Å². The van der Waals surface area contributed by atoms with Crippen molar-refractivity contribution in [3.8, 4) is 12.3 Å². The first-order valence-corrected chi connectivity index (χ1v) is 4.59. The fourth-order valence-corrected chi connectivity index (χ4v) is 0.778. The molecule has 0 aliphatic heterocycles. The summed E-state index contributed by atoms with van der Waals surface area (Å²) in [5.74, 6) is 2.45. The molecule has 0 saturated heterocycles. The number of hydrogen-bond acceptors (Lipinski definition) is 2. The maximum atomic E-state index is 11.0. The Bertz CT molecular complexity index is 172. The number of amides is 1. The molecule has 0 bridgehead atoms. The zero-order valence-electron chi connectivity index (χ0n) is 8.14. The fraction of sp³-hybridized carbons (Fsp3) is 0.700. The number of nitrogens with one attached hydrogen (secondary N) is 1. The summed E-state index contributed by atoms with van der Waals surface area (Å²) in [6.07, 6.45) is 7.52. The largest absolute Gasteiger partial charge is 0.372 e. The Morgan fingerprint density at radius 1 is 1.62 bits per heavy atom. The Kier molecular flexibility index (Phi) is 8.38. The van der Waals surface area contributed by atoms with Gasteiger partial charge in [-0.2, -0.15) is 0 Å². The summed E-state index contributed by atoms with van der Waals surface area (Å²) >= 11 is 0. The summed E-state index contributed by atoms with van der Waals surface area (Å²) in [4.78, 5) is 11.0. The van der Waals surface area contributed by atoms with Crippen molar-refractivity contribution >= 4 is 5.91 Å². The lowest BCUT2D eigenvalue weighted by atomic mass is 10.3. The van der Waals surface area contributed by atoms with Crippen LogP contribution >= 0.6 is 0 Å². The summed E-state index contributed by atoms with van der Waals surface area (Å²) < 4.78 is 5.05. The third-order valence-corrected chi connectivity index (χ3v) is 1.40. The molecule has 0 aliphatic rings. The van der Waals surface area contributed by atoms with Crippen LogP contribution in [0.2, 0.25) is 0 Å². The SMILES string of the molecule is C#CCCCNC(=O)COCCC. The predicted octanol–water partition coefficient (Wildman–Crippen LogP) is 0.943. The van der Waals surface area contributed by atoms with Gasteiger partial charge in [0.1, 0.15) is 6.61 Å². The molecule has 0 saturated carbocycles. The second-order valence-electron chi connectivity index (χ2n) is 2.71. The van der Waals surface area contributed by atoms with Gasteiger partial charge < -0.3 is 10.1 Å². The van der Waals surface area contributed by atoms with E-state index >= 15 is 0 Å². The smallest absolute Gasteiger partial charge is 0.245 e. The molecule has 3 nitrogen and oxygen atoms in total. The standard InChI is InChI=1S/C10H17NO2/c1-3-5-6-7-11-10(12)9-13-8-4-2/h1H,4-9H2,2H3,(H,11,12). The molecular formula is C10H17NO2. The second kappa shape index (κ2) is 9.08. The lowest BCUT2D eigenvalue weighted by Gasteiger charge is -2.03. The van der Waals surface area contributed by atoms with E-state index in [-0.39, 0.29) is 12.5 Å². The van der Waals surface area contributed by atoms with Crippen LogP contribution in [-0.2, 0) is 9.53 Å². The van der Waals surface area contributed by atoms with Crippen molar-refractivity contribution in [1.29, 1.82) is 0 Å². The molecule has 0 fully saturated rings. The number of carbonyl (C=O) groups is 1. The third kappa shape index (κ3) is 8.90. The predicted molar refractivity (Wildman–Crippen MR) is 52.2 cm³/mol. The van der Waals surface area contributed by atoms with E-state index in [2.05, 4.69) is 11.2 Å². The highest BCUT2D eigenvalue weighted by Gasteiger charge is 1.98. The zero-order chi connectivity index (χ0) is 9.94. The van der Waals surface area contributed by atoms with E-state index in [0.717, 1.165) is 12.8 Å². The molecule has 0 heterocycles. The van der Waals surface area contributed by atoms with E-state index in [0.29, 0.717) is 19.6 Å². The highest BCUT2D eigenvalue weighted by molar-refractivity contribution is 5.77. The Morgan fingerprint density at radius 2 is 2.38 bits per heavy atom. The van der Waals surface area contributed by atoms with Gasteiger partial charge in [-0.05, 0) is 12.8 Å². The molecule has 3 heteroatoms. The molecule has 0 radical (unpaired) electrons. The molecule has 0 aliphatic carbocycles. The summed E-state index contributed by atoms with van der Waals surface area (Å²) in [5.41, 5.74) is 0. The minimum Gasteiger partial charge on any atom is -0.372 e. The summed E-state index contributed by atoms with van der Waals surface area (Å²) in [6.45, 7) is 3.44. The molecule has 1 N–H and O–H groups in total. The fourth-order valence-electron chi connectivity index (χ4n) is 0.778. The highest BCUT2D eigenvalue weighted by atomic mass is 16.5. The molecule has 0 aromatic carbocycles. The molecule has 0 atom stereocenters. The van der Waals surface area contributed by atoms with Crippen LogP contribution in [0.5, 0.6) is 0 Å². The number of hydrogen-bond donors (Lipinski definition) is 1. The first-order valence-electron chi connectivity index (χ1n) is 4.59. The third-order valence-electron chi connectivity index (χ3n) is 1.40. The van der Waals surface area contributed by atoms with Crippen LogP contribution in [0.1, 0.15) is 26.2 Å². The first-order chi connectivity index (χ1) is 6.31. The van der Waals surface area contributed by atoms with Crippen LogP contribution in [0.3, 0.4) is 0 Å². The van der Waals surface area contributed by atoms with Gasteiger partial charge in [-0.15, -0.1) is 12.3 Å². The minimum absolute atomic E-state index is 0.0644. The molecule has 0 spiro atoms. The van der Waals surface area contributed by atoms with Gasteiger partial charge >= 0.3 is 0 Å². The normalized spacial score (nSPS) is 9.23. The molecular weight excluding hydrogens is 166 g/mol. The number of rotatable bonds is 7. The maximum Gasteiger partial charge on any atom is 0.245 e. The van der Waals surface area contributed by atoms with Crippen LogP contribution in [0, 0.1) is 12.3 Å². The number of unbranched alkanes of at least 4 members (excludes halogenated alkanes) is 1. The van der Waals surface area contributed by atoms with Gasteiger partial charge in [0.05, 0.1) is 0 Å². The molecule has 0 aromatic heterocycles. The summed E-state index contributed by atoms with van der Waals surface area (Å²) in [7, 11) is 0. The van der Waals surface area contributed by atoms with E-state index in [1.54, 1.807) is 0 Å². The van der Waals surface area contributed by atoms with Gasteiger partial charge in [-0.3, -0.25) is 4.79 Å². The quantitative estimate of drug-likeness (QED) is 0.471. The van der Waals surface area contributed by atoms with Crippen LogP contribution in [0.25, 0.3) is 0 Å². The van der Waals surface area contributed by atoms with Crippen molar-refractivity contribution in [2.45, 2.75) is 26.2 Å². The van der Waals surface area contributed by atoms with Gasteiger partial charge in [-0.25, -0.2) is 0 Å².